The number of para-hydroxylation sites is 1. The zero-order valence-electron chi connectivity index (χ0n) is 19.3. The number of allylic oxidation sites excluding steroid dienone is 4. The van der Waals surface area contributed by atoms with E-state index in [4.69, 9.17) is 0 Å². The van der Waals surface area contributed by atoms with Crippen LogP contribution < -0.4 is 4.90 Å². The van der Waals surface area contributed by atoms with Crippen molar-refractivity contribution in [3.63, 3.8) is 0 Å². The van der Waals surface area contributed by atoms with Gasteiger partial charge in [-0.2, -0.15) is 0 Å². The van der Waals surface area contributed by atoms with Gasteiger partial charge in [-0.25, -0.2) is 0 Å². The maximum Gasteiger partial charge on any atom is 0.0458 e. The van der Waals surface area contributed by atoms with E-state index in [9.17, 15) is 0 Å². The predicted molar refractivity (Wildman–Crippen MR) is 142 cm³/mol. The molecule has 162 valence electrons. The van der Waals surface area contributed by atoms with Crippen LogP contribution in [0.5, 0.6) is 0 Å². The fraction of sp³-hybridized carbons (Fsp3) is 0.125. The summed E-state index contributed by atoms with van der Waals surface area (Å²) in [6.45, 7) is 4.33. The van der Waals surface area contributed by atoms with Crippen LogP contribution in [0.1, 0.15) is 25.3 Å². The highest BCUT2D eigenvalue weighted by molar-refractivity contribution is 5.74. The lowest BCUT2D eigenvalue weighted by Gasteiger charge is -2.29. The number of rotatable bonds is 5. The van der Waals surface area contributed by atoms with E-state index in [1.54, 1.807) is 0 Å². The van der Waals surface area contributed by atoms with Crippen molar-refractivity contribution < 1.29 is 0 Å². The van der Waals surface area contributed by atoms with Crippen molar-refractivity contribution >= 4 is 11.4 Å². The zero-order chi connectivity index (χ0) is 22.6. The molecule has 33 heavy (non-hydrogen) atoms. The fourth-order valence-corrected chi connectivity index (χ4v) is 4.38. The first-order valence-corrected chi connectivity index (χ1v) is 11.7. The first-order valence-electron chi connectivity index (χ1n) is 11.7. The van der Waals surface area contributed by atoms with Crippen molar-refractivity contribution in [2.75, 3.05) is 4.90 Å². The van der Waals surface area contributed by atoms with Crippen molar-refractivity contribution in [3.05, 3.63) is 132 Å². The van der Waals surface area contributed by atoms with Crippen LogP contribution in [0.3, 0.4) is 0 Å². The van der Waals surface area contributed by atoms with Crippen LogP contribution in [0.4, 0.5) is 11.4 Å². The third-order valence-electron chi connectivity index (χ3n) is 6.37. The van der Waals surface area contributed by atoms with Crippen LogP contribution in [0.2, 0.25) is 0 Å². The van der Waals surface area contributed by atoms with Crippen LogP contribution in [0.15, 0.2) is 127 Å². The molecule has 0 aromatic heterocycles. The number of aryl methyl sites for hydroxylation is 1. The summed E-state index contributed by atoms with van der Waals surface area (Å²) in [6, 6.07) is 37.2. The Morgan fingerprint density at radius 1 is 0.485 bits per heavy atom. The van der Waals surface area contributed by atoms with Crippen LogP contribution in [-0.4, -0.2) is 0 Å². The molecule has 0 saturated carbocycles. The van der Waals surface area contributed by atoms with Gasteiger partial charge in [0.05, 0.1) is 0 Å². The molecule has 0 radical (unpaired) electrons. The van der Waals surface area contributed by atoms with Crippen LogP contribution in [-0.2, 0) is 0 Å². The van der Waals surface area contributed by atoms with E-state index in [0.29, 0.717) is 0 Å². The third-order valence-corrected chi connectivity index (χ3v) is 6.37. The van der Waals surface area contributed by atoms with Gasteiger partial charge in [-0.15, -0.1) is 0 Å². The SMILES string of the molecule is CC1=CC=C(N(c2ccccc2)c2ccc(-c3ccc(-c4ccc(C)cc4)cc3)cc2)CC1. The predicted octanol–water partition coefficient (Wildman–Crippen LogP) is 9.09. The number of benzene rings is 4. The van der Waals surface area contributed by atoms with Crippen molar-refractivity contribution in [1.29, 1.82) is 0 Å². The van der Waals surface area contributed by atoms with Gasteiger partial charge in [-0.3, -0.25) is 0 Å². The summed E-state index contributed by atoms with van der Waals surface area (Å²) in [5.41, 5.74) is 11.4. The molecule has 4 aromatic carbocycles. The summed E-state index contributed by atoms with van der Waals surface area (Å²) in [4.78, 5) is 2.38. The van der Waals surface area contributed by atoms with E-state index in [1.165, 1.54) is 50.5 Å². The van der Waals surface area contributed by atoms with E-state index in [0.717, 1.165) is 12.8 Å². The smallest absolute Gasteiger partial charge is 0.0458 e. The quantitative estimate of drug-likeness (QED) is 0.307. The van der Waals surface area contributed by atoms with E-state index in [2.05, 4.69) is 134 Å². The maximum absolute atomic E-state index is 2.38. The van der Waals surface area contributed by atoms with Crippen LogP contribution in [0.25, 0.3) is 22.3 Å². The monoisotopic (exact) mass is 427 g/mol. The zero-order valence-corrected chi connectivity index (χ0v) is 19.3. The summed E-state index contributed by atoms with van der Waals surface area (Å²) in [5.74, 6) is 0. The molecule has 0 atom stereocenters. The van der Waals surface area contributed by atoms with Gasteiger partial charge in [-0.1, -0.05) is 96.1 Å². The summed E-state index contributed by atoms with van der Waals surface area (Å²) < 4.78 is 0. The van der Waals surface area contributed by atoms with Crippen molar-refractivity contribution in [1.82, 2.24) is 0 Å². The lowest BCUT2D eigenvalue weighted by molar-refractivity contribution is 0.875. The second-order valence-corrected chi connectivity index (χ2v) is 8.83. The van der Waals surface area contributed by atoms with E-state index in [1.807, 2.05) is 0 Å². The molecule has 0 amide bonds. The normalized spacial score (nSPS) is 13.3. The topological polar surface area (TPSA) is 3.24 Å². The third kappa shape index (κ3) is 4.68. The number of hydrogen-bond acceptors (Lipinski definition) is 1. The second kappa shape index (κ2) is 9.34. The number of hydrogen-bond donors (Lipinski definition) is 0. The molecule has 1 nitrogen and oxygen atoms in total. The Hall–Kier alpha value is -3.84. The molecule has 0 N–H and O–H groups in total. The molecule has 0 heterocycles. The van der Waals surface area contributed by atoms with Crippen LogP contribution in [0, 0.1) is 6.92 Å². The molecule has 1 heteroatoms. The molecule has 0 bridgehead atoms. The van der Waals surface area contributed by atoms with E-state index < -0.39 is 0 Å². The van der Waals surface area contributed by atoms with Crippen molar-refractivity contribution in [3.8, 4) is 22.3 Å². The Morgan fingerprint density at radius 3 is 1.48 bits per heavy atom. The van der Waals surface area contributed by atoms with E-state index >= 15 is 0 Å². The minimum atomic E-state index is 1.06. The lowest BCUT2D eigenvalue weighted by atomic mass is 9.99. The highest BCUT2D eigenvalue weighted by Gasteiger charge is 2.16. The fourth-order valence-electron chi connectivity index (χ4n) is 4.38. The van der Waals surface area contributed by atoms with Crippen molar-refractivity contribution in [2.24, 2.45) is 0 Å². The molecular formula is C32H29N. The minimum Gasteiger partial charge on any atom is -0.314 e. The van der Waals surface area contributed by atoms with E-state index in [-0.39, 0.29) is 0 Å². The van der Waals surface area contributed by atoms with Gasteiger partial charge in [0, 0.05) is 17.1 Å². The average molecular weight is 428 g/mol. The molecule has 1 aliphatic carbocycles. The molecular weight excluding hydrogens is 398 g/mol. The van der Waals surface area contributed by atoms with Crippen LogP contribution >= 0.6 is 0 Å². The Morgan fingerprint density at radius 2 is 0.970 bits per heavy atom. The Labute approximate surface area is 197 Å². The highest BCUT2D eigenvalue weighted by atomic mass is 15.1. The Kier molecular flexibility index (Phi) is 5.95. The maximum atomic E-state index is 2.38. The first kappa shape index (κ1) is 21.0. The molecule has 0 spiro atoms. The summed E-state index contributed by atoms with van der Waals surface area (Å²) in [6.07, 6.45) is 6.68. The second-order valence-electron chi connectivity index (χ2n) is 8.83. The van der Waals surface area contributed by atoms with Gasteiger partial charge < -0.3 is 4.90 Å². The average Bonchev–Trinajstić information content (AvgIpc) is 2.87. The standard InChI is InChI=1S/C32H29N/c1-24-8-12-26(13-9-24)27-14-16-28(17-15-27)29-18-22-32(23-19-29)33(30-6-4-3-5-7-30)31-20-10-25(2)11-21-31/h3-10,12-20,22-23H,11,21H2,1-2H3. The van der Waals surface area contributed by atoms with Gasteiger partial charge in [0.1, 0.15) is 0 Å². The van der Waals surface area contributed by atoms with Gasteiger partial charge in [0.15, 0.2) is 0 Å². The summed E-state index contributed by atoms with van der Waals surface area (Å²) >= 11 is 0. The molecule has 1 aliphatic rings. The highest BCUT2D eigenvalue weighted by Crippen LogP contribution is 2.35. The number of anilines is 2. The minimum absolute atomic E-state index is 1.06. The Bertz CT molecular complexity index is 1280. The van der Waals surface area contributed by atoms with Gasteiger partial charge in [0.25, 0.3) is 0 Å². The molecule has 0 aliphatic heterocycles. The number of nitrogens with zero attached hydrogens (tertiary/aromatic N) is 1. The largest absolute Gasteiger partial charge is 0.314 e. The Balaban J connectivity index is 1.43. The summed E-state index contributed by atoms with van der Waals surface area (Å²) in [5, 5.41) is 0. The molecule has 0 fully saturated rings. The molecule has 0 saturated heterocycles. The van der Waals surface area contributed by atoms with Gasteiger partial charge >= 0.3 is 0 Å². The summed E-state index contributed by atoms with van der Waals surface area (Å²) in [7, 11) is 0. The van der Waals surface area contributed by atoms with Gasteiger partial charge in [0.2, 0.25) is 0 Å². The van der Waals surface area contributed by atoms with Crippen molar-refractivity contribution in [2.45, 2.75) is 26.7 Å². The van der Waals surface area contributed by atoms with Gasteiger partial charge in [-0.05, 0) is 79.3 Å². The first-order chi connectivity index (χ1) is 16.2. The lowest BCUT2D eigenvalue weighted by Crippen LogP contribution is -2.17. The molecule has 5 rings (SSSR count). The molecule has 0 unspecified atom stereocenters. The molecule has 4 aromatic rings.